The van der Waals surface area contributed by atoms with E-state index < -0.39 is 102 Å². The molecule has 0 radical (unpaired) electrons. The second-order valence-corrected chi connectivity index (χ2v) is 26.9. The molecule has 7 unspecified atom stereocenters. The molecule has 0 spiro atoms. The molecule has 33 heteroatoms. The standard InChI is InChI=1S/C65H97N13O19S/c79-52(14-4-3-13-51-58-50(40-98-51)73-65(97)74-58)66-23-7-5-11-46(69-53(80)36-75-25-27-76(37-55(83)84)29-31-78(39-57(87)88)32-30-77(28-26-75)38-56(85)86)60(90)68-35-41-15-19-44(20-16-41)59(89)70-49(34-42-17-18-43-9-1-2-10-45(43)33-42)61(91)67-24-8-6-12-47(62(92)93)71-64(96)72-48(63(94)95)21-22-54(81)82/h1-2,9-10,17-18,33,41,44,46-51,58H,3-8,11-16,19-32,34-40H2,(H,66,79)(H,67,91)(H,68,90)(H,69,80)(H,70,89)(H,81,82)(H,83,84)(H,85,86)(H,87,88)(H,92,93)(H,94,95)(H2,71,72,96)(H2,73,74,97). The fraction of sp³-hybridized carbons (Fsp3) is 0.646. The maximum Gasteiger partial charge on any atom is 0.326 e. The van der Waals surface area contributed by atoms with E-state index in [4.69, 9.17) is 5.11 Å². The second kappa shape index (κ2) is 41.1. The summed E-state index contributed by atoms with van der Waals surface area (Å²) < 4.78 is 0. The Morgan fingerprint density at radius 2 is 1.05 bits per heavy atom. The lowest BCUT2D eigenvalue weighted by Gasteiger charge is -2.33. The number of carbonyl (C=O) groups is 13. The first-order valence-corrected chi connectivity index (χ1v) is 34.8. The van der Waals surface area contributed by atoms with Crippen molar-refractivity contribution in [2.45, 2.75) is 151 Å². The number of carboxylic acid groups (broad SMARTS) is 6. The lowest BCUT2D eigenvalue weighted by Crippen LogP contribution is -2.52. The molecule has 32 nitrogen and oxygen atoms in total. The van der Waals surface area contributed by atoms with Crippen molar-refractivity contribution in [2.24, 2.45) is 11.8 Å². The maximum absolute atomic E-state index is 14.2. The smallest absolute Gasteiger partial charge is 0.326 e. The van der Waals surface area contributed by atoms with Crippen LogP contribution in [0.15, 0.2) is 42.5 Å². The quantitative estimate of drug-likeness (QED) is 0.0312. The van der Waals surface area contributed by atoms with Crippen LogP contribution in [-0.2, 0) is 59.2 Å². The largest absolute Gasteiger partial charge is 0.481 e. The molecule has 0 bridgehead atoms. The average molecular weight is 1400 g/mol. The van der Waals surface area contributed by atoms with Crippen molar-refractivity contribution in [3.8, 4) is 0 Å². The molecule has 2 aromatic carbocycles. The molecule has 7 atom stereocenters. The molecule has 3 heterocycles. The number of amides is 9. The van der Waals surface area contributed by atoms with Crippen molar-refractivity contribution in [3.05, 3.63) is 48.0 Å². The first-order valence-electron chi connectivity index (χ1n) is 33.7. The van der Waals surface area contributed by atoms with E-state index in [2.05, 4.69) is 47.9 Å². The van der Waals surface area contributed by atoms with Crippen LogP contribution in [0, 0.1) is 11.8 Å². The third-order valence-electron chi connectivity index (χ3n) is 18.1. The molecule has 9 amide bonds. The minimum absolute atomic E-state index is 0.0579. The summed E-state index contributed by atoms with van der Waals surface area (Å²) in [4.78, 5) is 170. The van der Waals surface area contributed by atoms with Crippen molar-refractivity contribution in [1.82, 2.24) is 67.5 Å². The number of benzene rings is 2. The lowest BCUT2D eigenvalue weighted by atomic mass is 9.81. The predicted molar refractivity (Wildman–Crippen MR) is 358 cm³/mol. The van der Waals surface area contributed by atoms with Gasteiger partial charge in [0, 0.05) is 108 Å². The Bertz CT molecular complexity index is 3040. The Hall–Kier alpha value is -8.40. The number of nitrogens with one attached hydrogen (secondary N) is 9. The summed E-state index contributed by atoms with van der Waals surface area (Å²) >= 11 is 1.82. The fourth-order valence-corrected chi connectivity index (χ4v) is 14.2. The Kier molecular flexibility index (Phi) is 33.0. The van der Waals surface area contributed by atoms with Gasteiger partial charge in [-0.1, -0.05) is 48.9 Å². The van der Waals surface area contributed by atoms with Gasteiger partial charge in [0.25, 0.3) is 0 Å². The fourth-order valence-electron chi connectivity index (χ4n) is 12.6. The first-order chi connectivity index (χ1) is 46.9. The zero-order chi connectivity index (χ0) is 71.1. The third kappa shape index (κ3) is 28.6. The minimum Gasteiger partial charge on any atom is -0.481 e. The molecule has 6 rings (SSSR count). The molecule has 0 aromatic heterocycles. The maximum atomic E-state index is 14.2. The van der Waals surface area contributed by atoms with E-state index >= 15 is 0 Å². The number of carboxylic acids is 6. The van der Waals surface area contributed by atoms with Crippen LogP contribution >= 0.6 is 11.8 Å². The topological polar surface area (TPSA) is 465 Å². The molecule has 1 saturated carbocycles. The third-order valence-corrected chi connectivity index (χ3v) is 19.6. The summed E-state index contributed by atoms with van der Waals surface area (Å²) in [6.45, 7) is 0.823. The van der Waals surface area contributed by atoms with E-state index in [1.165, 1.54) is 0 Å². The molecular weight excluding hydrogens is 1300 g/mol. The second-order valence-electron chi connectivity index (χ2n) is 25.6. The monoisotopic (exact) mass is 1400 g/mol. The van der Waals surface area contributed by atoms with Crippen molar-refractivity contribution in [1.29, 1.82) is 0 Å². The highest BCUT2D eigenvalue weighted by Crippen LogP contribution is 2.33. The molecule has 3 saturated heterocycles. The Morgan fingerprint density at radius 1 is 0.510 bits per heavy atom. The first kappa shape index (κ1) is 78.6. The number of carbonyl (C=O) groups excluding carboxylic acids is 7. The van der Waals surface area contributed by atoms with Crippen molar-refractivity contribution in [3.63, 3.8) is 0 Å². The van der Waals surface area contributed by atoms with Gasteiger partial charge < -0.3 is 78.5 Å². The number of rotatable bonds is 39. The van der Waals surface area contributed by atoms with Gasteiger partial charge in [0.15, 0.2) is 0 Å². The molecule has 1 aliphatic carbocycles. The van der Waals surface area contributed by atoms with Gasteiger partial charge in [0.1, 0.15) is 24.2 Å². The molecule has 542 valence electrons. The molecule has 4 fully saturated rings. The zero-order valence-corrected chi connectivity index (χ0v) is 56.1. The van der Waals surface area contributed by atoms with Crippen LogP contribution < -0.4 is 47.9 Å². The highest BCUT2D eigenvalue weighted by molar-refractivity contribution is 8.00. The van der Waals surface area contributed by atoms with Gasteiger partial charge in [-0.15, -0.1) is 0 Å². The van der Waals surface area contributed by atoms with Gasteiger partial charge in [-0.25, -0.2) is 19.2 Å². The van der Waals surface area contributed by atoms with Gasteiger partial charge in [-0.05, 0) is 106 Å². The van der Waals surface area contributed by atoms with E-state index in [0.717, 1.165) is 34.9 Å². The van der Waals surface area contributed by atoms with Gasteiger partial charge in [-0.2, -0.15) is 11.8 Å². The number of thioether (sulfide) groups is 1. The summed E-state index contributed by atoms with van der Waals surface area (Å²) in [5.41, 5.74) is 0.776. The summed E-state index contributed by atoms with van der Waals surface area (Å²) in [5.74, 6) is -9.06. The Balaban J connectivity index is 1.04. The van der Waals surface area contributed by atoms with Crippen molar-refractivity contribution < 1.29 is 93.0 Å². The molecule has 15 N–H and O–H groups in total. The van der Waals surface area contributed by atoms with Crippen LogP contribution in [0.2, 0.25) is 0 Å². The minimum atomic E-state index is -1.57. The average Bonchev–Trinajstić information content (AvgIpc) is 1.58. The molecule has 2 aromatic rings. The number of hydrogen-bond acceptors (Lipinski definition) is 18. The van der Waals surface area contributed by atoms with E-state index in [1.807, 2.05) is 54.2 Å². The summed E-state index contributed by atoms with van der Waals surface area (Å²) in [7, 11) is 0. The van der Waals surface area contributed by atoms with E-state index in [9.17, 15) is 87.9 Å². The molecular formula is C65H97N13O19S. The van der Waals surface area contributed by atoms with E-state index in [1.54, 1.807) is 19.6 Å². The van der Waals surface area contributed by atoms with Gasteiger partial charge >= 0.3 is 47.9 Å². The van der Waals surface area contributed by atoms with Crippen LogP contribution in [0.3, 0.4) is 0 Å². The van der Waals surface area contributed by atoms with Crippen LogP contribution in [0.1, 0.15) is 108 Å². The number of fused-ring (bicyclic) bond motifs is 2. The van der Waals surface area contributed by atoms with Crippen LogP contribution in [0.4, 0.5) is 9.59 Å². The molecule has 4 aliphatic rings. The number of nitrogens with zero attached hydrogens (tertiary/aromatic N) is 4. The highest BCUT2D eigenvalue weighted by atomic mass is 32.2. The lowest BCUT2D eigenvalue weighted by molar-refractivity contribution is -0.141. The Morgan fingerprint density at radius 3 is 1.62 bits per heavy atom. The summed E-state index contributed by atoms with van der Waals surface area (Å²) in [6, 6.07) is 7.29. The van der Waals surface area contributed by atoms with Gasteiger partial charge in [0.2, 0.25) is 29.5 Å². The number of aliphatic carboxylic acids is 6. The SMILES string of the molecule is O=C(O)CCC(NC(=O)NC(CCCCNC(=O)C(Cc1ccc2ccccc2c1)NC(=O)C1CCC(CNC(=O)C(CCCCNC(=O)CCCCC2SCC3NC(=O)NC32)NC(=O)CN2CCN(CC(=O)O)CCN(CC(=O)O)CCN(CC(=O)O)CC2)CC1)C(=O)O)C(=O)O. The van der Waals surface area contributed by atoms with Crippen LogP contribution in [-0.4, -0.2) is 273 Å². The normalized spacial score (nSPS) is 20.8. The van der Waals surface area contributed by atoms with Crippen LogP contribution in [0.5, 0.6) is 0 Å². The van der Waals surface area contributed by atoms with Gasteiger partial charge in [-0.3, -0.25) is 62.8 Å². The van der Waals surface area contributed by atoms with E-state index in [-0.39, 0.29) is 165 Å². The highest BCUT2D eigenvalue weighted by Gasteiger charge is 2.43. The van der Waals surface area contributed by atoms with Crippen molar-refractivity contribution in [2.75, 3.05) is 104 Å². The predicted octanol–water partition coefficient (Wildman–Crippen LogP) is 0.119. The van der Waals surface area contributed by atoms with Crippen LogP contribution in [0.25, 0.3) is 10.8 Å². The van der Waals surface area contributed by atoms with E-state index in [0.29, 0.717) is 57.9 Å². The number of hydrogen-bond donors (Lipinski definition) is 15. The zero-order valence-electron chi connectivity index (χ0n) is 55.3. The van der Waals surface area contributed by atoms with Gasteiger partial charge in [0.05, 0.1) is 38.3 Å². The van der Waals surface area contributed by atoms with Crippen molar-refractivity contribution >= 4 is 99.9 Å². The molecule has 3 aliphatic heterocycles. The Labute approximate surface area is 572 Å². The number of urea groups is 2. The molecule has 98 heavy (non-hydrogen) atoms. The summed E-state index contributed by atoms with van der Waals surface area (Å²) in [6.07, 6.45) is 5.27. The summed E-state index contributed by atoms with van der Waals surface area (Å²) in [5, 5.41) is 84.2. The number of unbranched alkanes of at least 4 members (excludes halogenated alkanes) is 3.